The molecule has 6 nitrogen and oxygen atoms in total. The molecule has 0 saturated carbocycles. The van der Waals surface area contributed by atoms with Crippen molar-refractivity contribution in [2.75, 3.05) is 20.3 Å². The van der Waals surface area contributed by atoms with E-state index in [1.807, 2.05) is 51.1 Å². The fourth-order valence-corrected chi connectivity index (χ4v) is 4.27. The number of benzene rings is 2. The van der Waals surface area contributed by atoms with Gasteiger partial charge in [0, 0.05) is 12.1 Å². The van der Waals surface area contributed by atoms with E-state index >= 15 is 0 Å². The van der Waals surface area contributed by atoms with E-state index in [1.165, 1.54) is 0 Å². The molecule has 1 atom stereocenters. The molecule has 1 aliphatic heterocycles. The second-order valence-corrected chi connectivity index (χ2v) is 8.87. The van der Waals surface area contributed by atoms with E-state index in [0.717, 1.165) is 29.7 Å². The molecule has 3 rings (SSSR count). The summed E-state index contributed by atoms with van der Waals surface area (Å²) in [5.74, 6) is 0.181. The minimum absolute atomic E-state index is 0.109. The molecule has 182 valence electrons. The number of Topliss-reactive ketones (excluding diaryl/α,β-unsaturated/α-hetero) is 1. The molecular formula is C28H35NO5. The topological polar surface area (TPSA) is 76.1 Å². The summed E-state index contributed by atoms with van der Waals surface area (Å²) in [6.45, 7) is 9.19. The number of carbonyl (C=O) groups excluding carboxylic acids is 2. The van der Waals surface area contributed by atoms with Gasteiger partial charge in [0.25, 0.3) is 11.7 Å². The van der Waals surface area contributed by atoms with Crippen LogP contribution in [0.2, 0.25) is 0 Å². The van der Waals surface area contributed by atoms with Gasteiger partial charge in [0.2, 0.25) is 0 Å². The second kappa shape index (κ2) is 11.2. The molecule has 0 bridgehead atoms. The molecule has 0 aliphatic carbocycles. The number of unbranched alkanes of at least 4 members (excludes halogenated alkanes) is 1. The summed E-state index contributed by atoms with van der Waals surface area (Å²) in [5.41, 5.74) is 2.27. The number of aliphatic hydroxyl groups excluding tert-OH is 1. The van der Waals surface area contributed by atoms with Crippen molar-refractivity contribution < 1.29 is 24.2 Å². The average Bonchev–Trinajstić information content (AvgIpc) is 3.09. The van der Waals surface area contributed by atoms with Gasteiger partial charge in [0.05, 0.1) is 25.3 Å². The van der Waals surface area contributed by atoms with Crippen molar-refractivity contribution in [3.05, 3.63) is 64.7 Å². The van der Waals surface area contributed by atoms with Crippen molar-refractivity contribution in [2.24, 2.45) is 0 Å². The molecule has 0 spiro atoms. The van der Waals surface area contributed by atoms with Crippen LogP contribution in [0, 0.1) is 0 Å². The Morgan fingerprint density at radius 1 is 1.06 bits per heavy atom. The standard InChI is InChI=1S/C28H35NO5/c1-6-8-16-34-21-12-9-19(10-13-21)25-24(27(31)28(32)29(25)15-7-2)26(30)20-11-14-23(33-5)22(17-20)18(3)4/h9-14,17-18,25,30H,6-8,15-16H2,1-5H3/b26-24-. The van der Waals surface area contributed by atoms with Gasteiger partial charge in [-0.3, -0.25) is 9.59 Å². The van der Waals surface area contributed by atoms with E-state index in [2.05, 4.69) is 6.92 Å². The summed E-state index contributed by atoms with van der Waals surface area (Å²) < 4.78 is 11.2. The SMILES string of the molecule is CCCCOc1ccc(C2/C(=C(/O)c3ccc(OC)c(C(C)C)c3)C(=O)C(=O)N2CCC)cc1. The monoisotopic (exact) mass is 465 g/mol. The number of hydrogen-bond acceptors (Lipinski definition) is 5. The minimum atomic E-state index is -0.666. The maximum absolute atomic E-state index is 13.1. The fraction of sp³-hybridized carbons (Fsp3) is 0.429. The van der Waals surface area contributed by atoms with Crippen LogP contribution in [0.4, 0.5) is 0 Å². The molecule has 0 radical (unpaired) electrons. The van der Waals surface area contributed by atoms with Gasteiger partial charge in [-0.15, -0.1) is 0 Å². The zero-order valence-electron chi connectivity index (χ0n) is 20.8. The minimum Gasteiger partial charge on any atom is -0.507 e. The highest BCUT2D eigenvalue weighted by atomic mass is 16.5. The molecule has 6 heteroatoms. The first-order valence-corrected chi connectivity index (χ1v) is 12.0. The molecule has 1 unspecified atom stereocenters. The lowest BCUT2D eigenvalue weighted by Crippen LogP contribution is -2.30. The Labute approximate surface area is 202 Å². The van der Waals surface area contributed by atoms with Gasteiger partial charge in [-0.2, -0.15) is 0 Å². The Bertz CT molecular complexity index is 1050. The lowest BCUT2D eigenvalue weighted by Gasteiger charge is -2.25. The van der Waals surface area contributed by atoms with Gasteiger partial charge >= 0.3 is 0 Å². The van der Waals surface area contributed by atoms with Crippen LogP contribution in [0.15, 0.2) is 48.0 Å². The fourth-order valence-electron chi connectivity index (χ4n) is 4.27. The van der Waals surface area contributed by atoms with E-state index in [9.17, 15) is 14.7 Å². The highest BCUT2D eigenvalue weighted by molar-refractivity contribution is 6.46. The molecule has 2 aromatic rings. The van der Waals surface area contributed by atoms with Gasteiger partial charge in [-0.05, 0) is 60.2 Å². The summed E-state index contributed by atoms with van der Waals surface area (Å²) in [6.07, 6.45) is 2.72. The third kappa shape index (κ3) is 5.11. The molecule has 1 fully saturated rings. The number of amides is 1. The molecular weight excluding hydrogens is 430 g/mol. The second-order valence-electron chi connectivity index (χ2n) is 8.87. The van der Waals surface area contributed by atoms with Crippen molar-refractivity contribution in [2.45, 2.75) is 58.9 Å². The summed E-state index contributed by atoms with van der Waals surface area (Å²) in [6, 6.07) is 12.1. The molecule has 1 N–H and O–H groups in total. The number of ketones is 1. The number of methoxy groups -OCH3 is 1. The molecule has 34 heavy (non-hydrogen) atoms. The van der Waals surface area contributed by atoms with Crippen LogP contribution in [-0.4, -0.2) is 42.0 Å². The van der Waals surface area contributed by atoms with Gasteiger partial charge in [-0.25, -0.2) is 0 Å². The molecule has 0 aromatic heterocycles. The van der Waals surface area contributed by atoms with Crippen molar-refractivity contribution >= 4 is 17.4 Å². The van der Waals surface area contributed by atoms with E-state index < -0.39 is 17.7 Å². The maximum atomic E-state index is 13.1. The summed E-state index contributed by atoms with van der Waals surface area (Å²) in [5, 5.41) is 11.3. The van der Waals surface area contributed by atoms with Crippen molar-refractivity contribution in [3.63, 3.8) is 0 Å². The quantitative estimate of drug-likeness (QED) is 0.207. The Morgan fingerprint density at radius 3 is 2.35 bits per heavy atom. The highest BCUT2D eigenvalue weighted by Crippen LogP contribution is 2.40. The Hall–Kier alpha value is -3.28. The smallest absolute Gasteiger partial charge is 0.295 e. The average molecular weight is 466 g/mol. The Balaban J connectivity index is 2.08. The van der Waals surface area contributed by atoms with Crippen molar-refractivity contribution in [1.82, 2.24) is 4.90 Å². The number of nitrogens with zero attached hydrogens (tertiary/aromatic N) is 1. The highest BCUT2D eigenvalue weighted by Gasteiger charge is 2.45. The summed E-state index contributed by atoms with van der Waals surface area (Å²) >= 11 is 0. The van der Waals surface area contributed by atoms with E-state index in [0.29, 0.717) is 30.9 Å². The molecule has 2 aromatic carbocycles. The van der Waals surface area contributed by atoms with Crippen LogP contribution in [0.5, 0.6) is 11.5 Å². The number of rotatable bonds is 10. The summed E-state index contributed by atoms with van der Waals surface area (Å²) in [7, 11) is 1.60. The largest absolute Gasteiger partial charge is 0.507 e. The molecule has 1 saturated heterocycles. The maximum Gasteiger partial charge on any atom is 0.295 e. The number of hydrogen-bond donors (Lipinski definition) is 1. The van der Waals surface area contributed by atoms with Gasteiger partial charge in [0.1, 0.15) is 17.3 Å². The number of carbonyl (C=O) groups is 2. The van der Waals surface area contributed by atoms with Crippen molar-refractivity contribution in [3.8, 4) is 11.5 Å². The third-order valence-corrected chi connectivity index (χ3v) is 6.09. The van der Waals surface area contributed by atoms with E-state index in [4.69, 9.17) is 9.47 Å². The normalized spacial score (nSPS) is 17.5. The molecule has 1 heterocycles. The lowest BCUT2D eigenvalue weighted by molar-refractivity contribution is -0.139. The molecule has 1 amide bonds. The summed E-state index contributed by atoms with van der Waals surface area (Å²) in [4.78, 5) is 27.6. The van der Waals surface area contributed by atoms with Gasteiger partial charge in [0.15, 0.2) is 0 Å². The zero-order valence-corrected chi connectivity index (χ0v) is 20.8. The van der Waals surface area contributed by atoms with Crippen LogP contribution in [-0.2, 0) is 9.59 Å². The van der Waals surface area contributed by atoms with E-state index in [1.54, 1.807) is 24.1 Å². The van der Waals surface area contributed by atoms with Crippen LogP contribution in [0.25, 0.3) is 5.76 Å². The van der Waals surface area contributed by atoms with Crippen LogP contribution in [0.3, 0.4) is 0 Å². The third-order valence-electron chi connectivity index (χ3n) is 6.09. The lowest BCUT2D eigenvalue weighted by atomic mass is 9.93. The number of likely N-dealkylation sites (tertiary alicyclic amines) is 1. The Kier molecular flexibility index (Phi) is 8.37. The predicted molar refractivity (Wildman–Crippen MR) is 133 cm³/mol. The van der Waals surface area contributed by atoms with Gasteiger partial charge < -0.3 is 19.5 Å². The van der Waals surface area contributed by atoms with Crippen LogP contribution >= 0.6 is 0 Å². The molecule has 1 aliphatic rings. The van der Waals surface area contributed by atoms with Gasteiger partial charge in [-0.1, -0.05) is 46.2 Å². The first-order chi connectivity index (χ1) is 16.3. The first kappa shape index (κ1) is 25.3. The zero-order chi connectivity index (χ0) is 24.8. The van der Waals surface area contributed by atoms with Crippen LogP contribution in [0.1, 0.15) is 75.6 Å². The number of aliphatic hydroxyl groups is 1. The first-order valence-electron chi connectivity index (χ1n) is 12.0. The van der Waals surface area contributed by atoms with Crippen LogP contribution < -0.4 is 9.47 Å². The van der Waals surface area contributed by atoms with E-state index in [-0.39, 0.29) is 17.3 Å². The Morgan fingerprint density at radius 2 is 1.76 bits per heavy atom. The van der Waals surface area contributed by atoms with Crippen molar-refractivity contribution in [1.29, 1.82) is 0 Å². The predicted octanol–water partition coefficient (Wildman–Crippen LogP) is 5.83. The number of ether oxygens (including phenoxy) is 2.